The Bertz CT molecular complexity index is 335. The van der Waals surface area contributed by atoms with Crippen LogP contribution >= 0.6 is 0 Å². The molecule has 0 saturated heterocycles. The summed E-state index contributed by atoms with van der Waals surface area (Å²) in [5.74, 6) is 0. The summed E-state index contributed by atoms with van der Waals surface area (Å²) < 4.78 is 1.90. The fourth-order valence-corrected chi connectivity index (χ4v) is 1.41. The molecule has 0 unspecified atom stereocenters. The largest absolute Gasteiger partial charge is 0.284 e. The number of aryl methyl sites for hydroxylation is 1. The SMILES string of the molecule is CCn1cc(CN(CC#N)C(C)C)cn1. The van der Waals surface area contributed by atoms with E-state index in [1.54, 1.807) is 0 Å². The first-order valence-electron chi connectivity index (χ1n) is 5.29. The highest BCUT2D eigenvalue weighted by Crippen LogP contribution is 2.06. The third-order valence-electron chi connectivity index (χ3n) is 2.40. The molecule has 0 aliphatic heterocycles. The number of hydrogen-bond acceptors (Lipinski definition) is 3. The first-order chi connectivity index (χ1) is 7.17. The molecule has 1 rings (SSSR count). The number of aromatic nitrogens is 2. The second-order valence-electron chi connectivity index (χ2n) is 3.86. The summed E-state index contributed by atoms with van der Waals surface area (Å²) in [6.07, 6.45) is 3.91. The van der Waals surface area contributed by atoms with Gasteiger partial charge in [0.25, 0.3) is 0 Å². The van der Waals surface area contributed by atoms with Gasteiger partial charge in [0, 0.05) is 30.9 Å². The summed E-state index contributed by atoms with van der Waals surface area (Å²) in [4.78, 5) is 2.12. The summed E-state index contributed by atoms with van der Waals surface area (Å²) >= 11 is 0. The molecule has 0 N–H and O–H groups in total. The molecule has 0 spiro atoms. The topological polar surface area (TPSA) is 44.9 Å². The van der Waals surface area contributed by atoms with Crippen molar-refractivity contribution in [2.45, 2.75) is 39.9 Å². The lowest BCUT2D eigenvalue weighted by Crippen LogP contribution is -2.30. The van der Waals surface area contributed by atoms with Crippen molar-refractivity contribution in [2.24, 2.45) is 0 Å². The summed E-state index contributed by atoms with van der Waals surface area (Å²) in [5, 5.41) is 12.9. The standard InChI is InChI=1S/C11H18N4/c1-4-15-9-11(7-13-15)8-14(6-5-12)10(2)3/h7,9-10H,4,6,8H2,1-3H3. The third kappa shape index (κ3) is 3.37. The van der Waals surface area contributed by atoms with Crippen molar-refractivity contribution in [3.05, 3.63) is 18.0 Å². The van der Waals surface area contributed by atoms with Crippen LogP contribution in [0.4, 0.5) is 0 Å². The van der Waals surface area contributed by atoms with E-state index in [0.717, 1.165) is 13.1 Å². The molecule has 15 heavy (non-hydrogen) atoms. The maximum absolute atomic E-state index is 8.70. The molecule has 0 radical (unpaired) electrons. The van der Waals surface area contributed by atoms with Gasteiger partial charge in [0.05, 0.1) is 18.8 Å². The molecule has 0 saturated carbocycles. The summed E-state index contributed by atoms with van der Waals surface area (Å²) in [5.41, 5.74) is 1.17. The van der Waals surface area contributed by atoms with Gasteiger partial charge in [-0.3, -0.25) is 9.58 Å². The molecule has 0 aromatic carbocycles. The Morgan fingerprint density at radius 1 is 1.60 bits per heavy atom. The zero-order valence-corrected chi connectivity index (χ0v) is 9.64. The Balaban J connectivity index is 2.62. The number of nitriles is 1. The molecule has 1 heterocycles. The van der Waals surface area contributed by atoms with Crippen LogP contribution in [0.2, 0.25) is 0 Å². The maximum Gasteiger partial charge on any atom is 0.0871 e. The first-order valence-corrected chi connectivity index (χ1v) is 5.29. The van der Waals surface area contributed by atoms with Gasteiger partial charge in [0.2, 0.25) is 0 Å². The van der Waals surface area contributed by atoms with E-state index in [2.05, 4.69) is 36.8 Å². The first kappa shape index (κ1) is 11.7. The summed E-state index contributed by atoms with van der Waals surface area (Å²) in [7, 11) is 0. The van der Waals surface area contributed by atoms with Gasteiger partial charge in [0.1, 0.15) is 0 Å². The van der Waals surface area contributed by atoms with Crippen LogP contribution in [0.5, 0.6) is 0 Å². The number of rotatable bonds is 5. The van der Waals surface area contributed by atoms with E-state index in [0.29, 0.717) is 12.6 Å². The summed E-state index contributed by atoms with van der Waals surface area (Å²) in [6, 6.07) is 2.57. The predicted molar refractivity (Wildman–Crippen MR) is 59.1 cm³/mol. The molecule has 1 aromatic rings. The second-order valence-corrected chi connectivity index (χ2v) is 3.86. The monoisotopic (exact) mass is 206 g/mol. The quantitative estimate of drug-likeness (QED) is 0.688. The van der Waals surface area contributed by atoms with E-state index >= 15 is 0 Å². The molecule has 0 amide bonds. The molecular formula is C11H18N4. The van der Waals surface area contributed by atoms with Crippen LogP contribution in [-0.2, 0) is 13.1 Å². The number of nitrogens with zero attached hydrogens (tertiary/aromatic N) is 4. The van der Waals surface area contributed by atoms with E-state index in [-0.39, 0.29) is 0 Å². The molecule has 0 aliphatic carbocycles. The fraction of sp³-hybridized carbons (Fsp3) is 0.636. The van der Waals surface area contributed by atoms with Gasteiger partial charge in [-0.05, 0) is 20.8 Å². The molecule has 0 aliphatic rings. The number of hydrogen-bond donors (Lipinski definition) is 0. The Labute approximate surface area is 91.1 Å². The molecular weight excluding hydrogens is 188 g/mol. The van der Waals surface area contributed by atoms with Crippen molar-refractivity contribution in [1.82, 2.24) is 14.7 Å². The van der Waals surface area contributed by atoms with Gasteiger partial charge in [-0.25, -0.2) is 0 Å². The van der Waals surface area contributed by atoms with Crippen molar-refractivity contribution < 1.29 is 0 Å². The van der Waals surface area contributed by atoms with Crippen molar-refractivity contribution in [3.8, 4) is 6.07 Å². The molecule has 0 fully saturated rings. The zero-order valence-electron chi connectivity index (χ0n) is 9.64. The second kappa shape index (κ2) is 5.52. The Morgan fingerprint density at radius 3 is 2.80 bits per heavy atom. The van der Waals surface area contributed by atoms with E-state index < -0.39 is 0 Å². The molecule has 82 valence electrons. The van der Waals surface area contributed by atoms with Crippen molar-refractivity contribution in [3.63, 3.8) is 0 Å². The average Bonchev–Trinajstić information content (AvgIpc) is 2.65. The lowest BCUT2D eigenvalue weighted by Gasteiger charge is -2.22. The van der Waals surface area contributed by atoms with Crippen LogP contribution in [0.15, 0.2) is 12.4 Å². The van der Waals surface area contributed by atoms with Crippen molar-refractivity contribution in [1.29, 1.82) is 5.26 Å². The highest BCUT2D eigenvalue weighted by molar-refractivity contribution is 5.04. The van der Waals surface area contributed by atoms with Crippen LogP contribution < -0.4 is 0 Å². The van der Waals surface area contributed by atoms with E-state index in [4.69, 9.17) is 5.26 Å². The van der Waals surface area contributed by atoms with Gasteiger partial charge in [-0.1, -0.05) is 0 Å². The molecule has 1 aromatic heterocycles. The minimum absolute atomic E-state index is 0.384. The minimum atomic E-state index is 0.384. The normalized spacial score (nSPS) is 10.9. The molecule has 4 nitrogen and oxygen atoms in total. The molecule has 4 heteroatoms. The smallest absolute Gasteiger partial charge is 0.0871 e. The Kier molecular flexibility index (Phi) is 4.32. The molecule has 0 atom stereocenters. The van der Waals surface area contributed by atoms with Crippen LogP contribution in [0, 0.1) is 11.3 Å². The molecule has 0 bridgehead atoms. The van der Waals surface area contributed by atoms with Gasteiger partial charge in [0.15, 0.2) is 0 Å². The fourth-order valence-electron chi connectivity index (χ4n) is 1.41. The highest BCUT2D eigenvalue weighted by Gasteiger charge is 2.10. The van der Waals surface area contributed by atoms with Gasteiger partial charge in [-0.2, -0.15) is 10.4 Å². The van der Waals surface area contributed by atoms with E-state index in [1.165, 1.54) is 5.56 Å². The van der Waals surface area contributed by atoms with Gasteiger partial charge in [-0.15, -0.1) is 0 Å². The van der Waals surface area contributed by atoms with Crippen LogP contribution in [0.25, 0.3) is 0 Å². The third-order valence-corrected chi connectivity index (χ3v) is 2.40. The van der Waals surface area contributed by atoms with Crippen LogP contribution in [-0.4, -0.2) is 27.3 Å². The van der Waals surface area contributed by atoms with Crippen molar-refractivity contribution >= 4 is 0 Å². The lowest BCUT2D eigenvalue weighted by atomic mass is 10.2. The average molecular weight is 206 g/mol. The highest BCUT2D eigenvalue weighted by atomic mass is 15.3. The predicted octanol–water partition coefficient (Wildman–Crippen LogP) is 1.64. The summed E-state index contributed by atoms with van der Waals surface area (Å²) in [6.45, 7) is 8.41. The Hall–Kier alpha value is -1.34. The Morgan fingerprint density at radius 2 is 2.33 bits per heavy atom. The van der Waals surface area contributed by atoms with E-state index in [9.17, 15) is 0 Å². The van der Waals surface area contributed by atoms with Crippen LogP contribution in [0.3, 0.4) is 0 Å². The van der Waals surface area contributed by atoms with Crippen molar-refractivity contribution in [2.75, 3.05) is 6.54 Å². The van der Waals surface area contributed by atoms with Gasteiger partial charge >= 0.3 is 0 Å². The zero-order chi connectivity index (χ0) is 11.3. The van der Waals surface area contributed by atoms with Gasteiger partial charge < -0.3 is 0 Å². The lowest BCUT2D eigenvalue weighted by molar-refractivity contribution is 0.240. The van der Waals surface area contributed by atoms with E-state index in [1.807, 2.05) is 17.1 Å². The maximum atomic E-state index is 8.70. The van der Waals surface area contributed by atoms with Crippen LogP contribution in [0.1, 0.15) is 26.3 Å². The minimum Gasteiger partial charge on any atom is -0.284 e.